The minimum atomic E-state index is -0.614. The maximum atomic E-state index is 14.5. The number of nitrogens with zero attached hydrogens (tertiary/aromatic N) is 1. The first kappa shape index (κ1) is 16.5. The molecular formula is C20H14FNO3. The third-order valence-electron chi connectivity index (χ3n) is 4.02. The second-order valence-electron chi connectivity index (χ2n) is 5.37. The molecule has 3 aromatic carbocycles. The monoisotopic (exact) mass is 335 g/mol. The zero-order valence-corrected chi connectivity index (χ0v) is 13.7. The van der Waals surface area contributed by atoms with E-state index in [2.05, 4.69) is 10.8 Å². The molecule has 0 fully saturated rings. The quantitative estimate of drug-likeness (QED) is 0.669. The predicted molar refractivity (Wildman–Crippen MR) is 91.9 cm³/mol. The van der Waals surface area contributed by atoms with Crippen molar-refractivity contribution < 1.29 is 18.7 Å². The molecular weight excluding hydrogens is 321 g/mol. The van der Waals surface area contributed by atoms with Crippen molar-refractivity contribution in [3.8, 4) is 22.9 Å². The van der Waals surface area contributed by atoms with Crippen LogP contribution < -0.4 is 4.74 Å². The first-order valence-electron chi connectivity index (χ1n) is 7.48. The summed E-state index contributed by atoms with van der Waals surface area (Å²) in [5, 5.41) is 11.1. The summed E-state index contributed by atoms with van der Waals surface area (Å²) in [5.41, 5.74) is 1.20. The van der Waals surface area contributed by atoms with Gasteiger partial charge in [0.25, 0.3) is 0 Å². The van der Waals surface area contributed by atoms with Crippen LogP contribution in [0.25, 0.3) is 21.9 Å². The van der Waals surface area contributed by atoms with Crippen LogP contribution in [0.3, 0.4) is 0 Å². The van der Waals surface area contributed by atoms with E-state index in [1.54, 1.807) is 25.3 Å². The highest BCUT2D eigenvalue weighted by Gasteiger charge is 2.15. The Morgan fingerprint density at radius 2 is 1.80 bits per heavy atom. The van der Waals surface area contributed by atoms with E-state index in [-0.39, 0.29) is 11.1 Å². The number of carbonyl (C=O) groups excluding carboxylic acids is 1. The number of methoxy groups -OCH3 is 2. The molecule has 0 radical (unpaired) electrons. The third kappa shape index (κ3) is 2.90. The summed E-state index contributed by atoms with van der Waals surface area (Å²) in [6.07, 6.45) is 0. The number of rotatable bonds is 3. The lowest BCUT2D eigenvalue weighted by atomic mass is 9.94. The fraction of sp³-hybridized carbons (Fsp3) is 0.100. The lowest BCUT2D eigenvalue weighted by molar-refractivity contribution is 0.0600. The summed E-state index contributed by atoms with van der Waals surface area (Å²) in [5.74, 6) is -0.526. The van der Waals surface area contributed by atoms with Crippen molar-refractivity contribution in [2.24, 2.45) is 0 Å². The van der Waals surface area contributed by atoms with Gasteiger partial charge in [-0.2, -0.15) is 5.26 Å². The van der Waals surface area contributed by atoms with Crippen LogP contribution >= 0.6 is 0 Å². The topological polar surface area (TPSA) is 59.3 Å². The molecule has 0 N–H and O–H groups in total. The molecule has 25 heavy (non-hydrogen) atoms. The lowest BCUT2D eigenvalue weighted by Gasteiger charge is -2.11. The van der Waals surface area contributed by atoms with E-state index in [0.29, 0.717) is 22.3 Å². The number of hydrogen-bond donors (Lipinski definition) is 0. The van der Waals surface area contributed by atoms with Crippen molar-refractivity contribution >= 4 is 16.7 Å². The maximum Gasteiger partial charge on any atom is 0.337 e. The molecule has 0 unspecified atom stereocenters. The number of hydrogen-bond acceptors (Lipinski definition) is 4. The smallest absolute Gasteiger partial charge is 0.337 e. The zero-order chi connectivity index (χ0) is 18.0. The number of halogens is 1. The van der Waals surface area contributed by atoms with E-state index >= 15 is 0 Å². The number of nitriles is 1. The Bertz CT molecular complexity index is 1020. The van der Waals surface area contributed by atoms with E-state index in [1.807, 2.05) is 12.1 Å². The SMILES string of the molecule is COC(=O)c1ccc(-c2ccc3cc(OC)ccc3c2C#N)c(F)c1. The molecule has 0 aliphatic heterocycles. The average molecular weight is 335 g/mol. The van der Waals surface area contributed by atoms with Gasteiger partial charge in [0.1, 0.15) is 17.6 Å². The molecule has 0 heterocycles. The Morgan fingerprint density at radius 1 is 1.04 bits per heavy atom. The van der Waals surface area contributed by atoms with Gasteiger partial charge in [-0.25, -0.2) is 9.18 Å². The van der Waals surface area contributed by atoms with Crippen LogP contribution in [0.2, 0.25) is 0 Å². The molecule has 0 saturated heterocycles. The normalized spacial score (nSPS) is 10.3. The van der Waals surface area contributed by atoms with Crippen LogP contribution in [-0.4, -0.2) is 20.2 Å². The van der Waals surface area contributed by atoms with Gasteiger partial charge in [-0.15, -0.1) is 0 Å². The summed E-state index contributed by atoms with van der Waals surface area (Å²) in [6.45, 7) is 0. The summed E-state index contributed by atoms with van der Waals surface area (Å²) in [7, 11) is 2.80. The van der Waals surface area contributed by atoms with Crippen LogP contribution in [0, 0.1) is 17.1 Å². The molecule has 0 amide bonds. The van der Waals surface area contributed by atoms with Gasteiger partial charge >= 0.3 is 5.97 Å². The van der Waals surface area contributed by atoms with Gasteiger partial charge in [-0.1, -0.05) is 18.2 Å². The molecule has 0 aromatic heterocycles. The van der Waals surface area contributed by atoms with Gasteiger partial charge in [0.15, 0.2) is 0 Å². The van der Waals surface area contributed by atoms with Crippen LogP contribution in [0.15, 0.2) is 48.5 Å². The van der Waals surface area contributed by atoms with Gasteiger partial charge in [0.2, 0.25) is 0 Å². The molecule has 0 atom stereocenters. The van der Waals surface area contributed by atoms with Gasteiger partial charge < -0.3 is 9.47 Å². The van der Waals surface area contributed by atoms with E-state index in [0.717, 1.165) is 11.5 Å². The summed E-state index contributed by atoms with van der Waals surface area (Å²) >= 11 is 0. The van der Waals surface area contributed by atoms with Crippen molar-refractivity contribution in [1.29, 1.82) is 5.26 Å². The van der Waals surface area contributed by atoms with E-state index in [1.165, 1.54) is 19.2 Å². The lowest BCUT2D eigenvalue weighted by Crippen LogP contribution is -2.02. The Morgan fingerprint density at radius 3 is 2.44 bits per heavy atom. The molecule has 3 aromatic rings. The van der Waals surface area contributed by atoms with Crippen LogP contribution in [0.4, 0.5) is 4.39 Å². The molecule has 3 rings (SSSR count). The van der Waals surface area contributed by atoms with E-state index in [9.17, 15) is 14.4 Å². The van der Waals surface area contributed by atoms with Crippen molar-refractivity contribution in [3.63, 3.8) is 0 Å². The summed E-state index contributed by atoms with van der Waals surface area (Å²) in [4.78, 5) is 11.5. The van der Waals surface area contributed by atoms with Gasteiger partial charge in [-0.3, -0.25) is 0 Å². The summed E-state index contributed by atoms with van der Waals surface area (Å²) in [6, 6.07) is 15.1. The van der Waals surface area contributed by atoms with E-state index < -0.39 is 11.8 Å². The van der Waals surface area contributed by atoms with Crippen molar-refractivity contribution in [1.82, 2.24) is 0 Å². The molecule has 0 aliphatic rings. The summed E-state index contributed by atoms with van der Waals surface area (Å²) < 4.78 is 24.3. The minimum Gasteiger partial charge on any atom is -0.497 e. The number of benzene rings is 3. The minimum absolute atomic E-state index is 0.118. The first-order chi connectivity index (χ1) is 12.1. The highest BCUT2D eigenvalue weighted by molar-refractivity contribution is 5.96. The first-order valence-corrected chi connectivity index (χ1v) is 7.48. The predicted octanol–water partition coefficient (Wildman–Crippen LogP) is 4.31. The standard InChI is InChI=1S/C20H14FNO3/c1-24-14-5-8-15-12(9-14)3-6-16(18(15)11-22)17-7-4-13(10-19(17)21)20(23)25-2/h3-10H,1-2H3. The van der Waals surface area contributed by atoms with Crippen LogP contribution in [0.1, 0.15) is 15.9 Å². The fourth-order valence-corrected chi connectivity index (χ4v) is 2.76. The van der Waals surface area contributed by atoms with Crippen molar-refractivity contribution in [2.75, 3.05) is 14.2 Å². The molecule has 0 aliphatic carbocycles. The molecule has 0 spiro atoms. The number of carbonyl (C=O) groups is 1. The molecule has 0 saturated carbocycles. The second-order valence-corrected chi connectivity index (χ2v) is 5.37. The largest absolute Gasteiger partial charge is 0.497 e. The van der Waals surface area contributed by atoms with Crippen molar-refractivity contribution in [3.05, 3.63) is 65.5 Å². The number of esters is 1. The average Bonchev–Trinajstić information content (AvgIpc) is 2.65. The number of ether oxygens (including phenoxy) is 2. The highest BCUT2D eigenvalue weighted by Crippen LogP contribution is 2.33. The van der Waals surface area contributed by atoms with Crippen LogP contribution in [0.5, 0.6) is 5.75 Å². The van der Waals surface area contributed by atoms with Gasteiger partial charge in [-0.05, 0) is 35.7 Å². The zero-order valence-electron chi connectivity index (χ0n) is 13.7. The van der Waals surface area contributed by atoms with Crippen molar-refractivity contribution in [2.45, 2.75) is 0 Å². The molecule has 5 heteroatoms. The fourth-order valence-electron chi connectivity index (χ4n) is 2.76. The highest BCUT2D eigenvalue weighted by atomic mass is 19.1. The number of fused-ring (bicyclic) bond motifs is 1. The molecule has 124 valence electrons. The van der Waals surface area contributed by atoms with Crippen LogP contribution in [-0.2, 0) is 4.74 Å². The Labute approximate surface area is 144 Å². The second kappa shape index (κ2) is 6.62. The van der Waals surface area contributed by atoms with Gasteiger partial charge in [0, 0.05) is 16.5 Å². The molecule has 4 nitrogen and oxygen atoms in total. The Balaban J connectivity index is 2.19. The van der Waals surface area contributed by atoms with E-state index in [4.69, 9.17) is 4.74 Å². The Hall–Kier alpha value is -3.39. The van der Waals surface area contributed by atoms with Gasteiger partial charge in [0.05, 0.1) is 25.3 Å². The maximum absolute atomic E-state index is 14.5. The Kier molecular flexibility index (Phi) is 4.36. The third-order valence-corrected chi connectivity index (χ3v) is 4.02. The molecule has 0 bridgehead atoms.